The predicted octanol–water partition coefficient (Wildman–Crippen LogP) is 2.41. The van der Waals surface area contributed by atoms with Crippen molar-refractivity contribution in [3.05, 3.63) is 16.1 Å². The predicted molar refractivity (Wildman–Crippen MR) is 73.4 cm³/mol. The zero-order valence-corrected chi connectivity index (χ0v) is 11.9. The molecule has 0 amide bonds. The molecule has 1 saturated carbocycles. The second kappa shape index (κ2) is 5.94. The summed E-state index contributed by atoms with van der Waals surface area (Å²) in [5.41, 5.74) is 0. The molecule has 1 aliphatic rings. The summed E-state index contributed by atoms with van der Waals surface area (Å²) >= 11 is 1.82. The van der Waals surface area contributed by atoms with Crippen molar-refractivity contribution in [2.45, 2.75) is 51.2 Å². The topological polar surface area (TPSA) is 28.2 Å². The molecule has 2 rings (SSSR count). The van der Waals surface area contributed by atoms with Crippen molar-refractivity contribution in [1.82, 2.24) is 15.2 Å². The standard InChI is InChI=1S/C13H23N3S/c1-10-15-8-13(17-10)9-16(3)12-6-4-11(14-2)5-7-12/h8,11-12,14H,4-7,9H2,1-3H3. The van der Waals surface area contributed by atoms with Crippen LogP contribution in [0.4, 0.5) is 0 Å². The number of hydrogen-bond donors (Lipinski definition) is 1. The van der Waals surface area contributed by atoms with Crippen molar-refractivity contribution in [1.29, 1.82) is 0 Å². The molecule has 96 valence electrons. The lowest BCUT2D eigenvalue weighted by Crippen LogP contribution is -2.39. The van der Waals surface area contributed by atoms with Gasteiger partial charge in [-0.2, -0.15) is 0 Å². The molecular formula is C13H23N3S. The molecule has 0 aliphatic heterocycles. The highest BCUT2D eigenvalue weighted by atomic mass is 32.1. The summed E-state index contributed by atoms with van der Waals surface area (Å²) in [6.07, 6.45) is 7.29. The van der Waals surface area contributed by atoms with Gasteiger partial charge in [0.2, 0.25) is 0 Å². The maximum absolute atomic E-state index is 4.32. The fraction of sp³-hybridized carbons (Fsp3) is 0.769. The number of thiazole rings is 1. The second-order valence-electron chi connectivity index (χ2n) is 5.05. The number of rotatable bonds is 4. The fourth-order valence-electron chi connectivity index (χ4n) is 2.66. The van der Waals surface area contributed by atoms with Crippen LogP contribution in [0, 0.1) is 6.92 Å². The Morgan fingerprint density at radius 2 is 2.12 bits per heavy atom. The first-order valence-electron chi connectivity index (χ1n) is 6.48. The molecule has 0 unspecified atom stereocenters. The van der Waals surface area contributed by atoms with Gasteiger partial charge in [-0.25, -0.2) is 4.98 Å². The number of nitrogens with one attached hydrogen (secondary N) is 1. The first-order chi connectivity index (χ1) is 8.19. The normalized spacial score (nSPS) is 25.4. The van der Waals surface area contributed by atoms with Gasteiger partial charge in [-0.15, -0.1) is 11.3 Å². The SMILES string of the molecule is CNC1CCC(N(C)Cc2cnc(C)s2)CC1. The quantitative estimate of drug-likeness (QED) is 0.893. The van der Waals surface area contributed by atoms with E-state index in [1.807, 2.05) is 17.5 Å². The summed E-state index contributed by atoms with van der Waals surface area (Å²) in [6, 6.07) is 1.49. The molecule has 0 bridgehead atoms. The van der Waals surface area contributed by atoms with Gasteiger partial charge in [-0.1, -0.05) is 0 Å². The highest BCUT2D eigenvalue weighted by Gasteiger charge is 2.23. The van der Waals surface area contributed by atoms with Gasteiger partial charge in [0.1, 0.15) is 0 Å². The molecule has 0 radical (unpaired) electrons. The van der Waals surface area contributed by atoms with Crippen molar-refractivity contribution in [3.63, 3.8) is 0 Å². The van der Waals surface area contributed by atoms with E-state index < -0.39 is 0 Å². The van der Waals surface area contributed by atoms with Crippen molar-refractivity contribution < 1.29 is 0 Å². The molecule has 1 N–H and O–H groups in total. The lowest BCUT2D eigenvalue weighted by Gasteiger charge is -2.34. The van der Waals surface area contributed by atoms with Crippen LogP contribution in [0.3, 0.4) is 0 Å². The Labute approximate surface area is 108 Å². The first-order valence-corrected chi connectivity index (χ1v) is 7.29. The van der Waals surface area contributed by atoms with Gasteiger partial charge < -0.3 is 5.32 Å². The molecule has 17 heavy (non-hydrogen) atoms. The Hall–Kier alpha value is -0.450. The number of hydrogen-bond acceptors (Lipinski definition) is 4. The van der Waals surface area contributed by atoms with Gasteiger partial charge in [0.05, 0.1) is 5.01 Å². The molecule has 3 nitrogen and oxygen atoms in total. The summed E-state index contributed by atoms with van der Waals surface area (Å²) < 4.78 is 0. The number of nitrogens with zero attached hydrogens (tertiary/aromatic N) is 2. The fourth-order valence-corrected chi connectivity index (χ4v) is 3.52. The molecule has 1 aromatic rings. The van der Waals surface area contributed by atoms with Crippen LogP contribution in [0.5, 0.6) is 0 Å². The number of aromatic nitrogens is 1. The smallest absolute Gasteiger partial charge is 0.0897 e. The highest BCUT2D eigenvalue weighted by Crippen LogP contribution is 2.24. The van der Waals surface area contributed by atoms with Gasteiger partial charge in [-0.05, 0) is 46.7 Å². The van der Waals surface area contributed by atoms with Crippen LogP contribution >= 0.6 is 11.3 Å². The molecule has 0 saturated heterocycles. The van der Waals surface area contributed by atoms with Crippen LogP contribution in [-0.2, 0) is 6.54 Å². The molecule has 1 heterocycles. The van der Waals surface area contributed by atoms with Crippen molar-refractivity contribution >= 4 is 11.3 Å². The van der Waals surface area contributed by atoms with Crippen molar-refractivity contribution in [2.24, 2.45) is 0 Å². The Kier molecular flexibility index (Phi) is 4.54. The minimum Gasteiger partial charge on any atom is -0.317 e. The summed E-state index contributed by atoms with van der Waals surface area (Å²) in [7, 11) is 4.33. The Balaban J connectivity index is 1.82. The summed E-state index contributed by atoms with van der Waals surface area (Å²) in [6.45, 7) is 3.13. The molecule has 0 atom stereocenters. The van der Waals surface area contributed by atoms with Crippen LogP contribution in [-0.4, -0.2) is 36.1 Å². The Morgan fingerprint density at radius 1 is 1.41 bits per heavy atom. The van der Waals surface area contributed by atoms with Gasteiger partial charge in [0.25, 0.3) is 0 Å². The molecule has 0 spiro atoms. The van der Waals surface area contributed by atoms with E-state index in [1.165, 1.54) is 35.6 Å². The lowest BCUT2D eigenvalue weighted by molar-refractivity contribution is 0.171. The highest BCUT2D eigenvalue weighted by molar-refractivity contribution is 7.11. The third kappa shape index (κ3) is 3.50. The Morgan fingerprint density at radius 3 is 2.65 bits per heavy atom. The second-order valence-corrected chi connectivity index (χ2v) is 6.37. The van der Waals surface area contributed by atoms with E-state index >= 15 is 0 Å². The third-order valence-corrected chi connectivity index (χ3v) is 4.70. The van der Waals surface area contributed by atoms with Gasteiger partial charge in [0, 0.05) is 29.7 Å². The van der Waals surface area contributed by atoms with Crippen molar-refractivity contribution in [2.75, 3.05) is 14.1 Å². The summed E-state index contributed by atoms with van der Waals surface area (Å²) in [4.78, 5) is 8.21. The first kappa shape index (κ1) is 13.0. The van der Waals surface area contributed by atoms with Crippen molar-refractivity contribution in [3.8, 4) is 0 Å². The van der Waals surface area contributed by atoms with Crippen LogP contribution in [0.15, 0.2) is 6.20 Å². The van der Waals surface area contributed by atoms with Gasteiger partial charge >= 0.3 is 0 Å². The summed E-state index contributed by atoms with van der Waals surface area (Å²) in [5, 5.41) is 4.56. The zero-order valence-electron chi connectivity index (χ0n) is 11.1. The third-order valence-electron chi connectivity index (χ3n) is 3.80. The van der Waals surface area contributed by atoms with Crippen LogP contribution in [0.1, 0.15) is 35.6 Å². The monoisotopic (exact) mass is 253 g/mol. The minimum absolute atomic E-state index is 0.741. The van der Waals surface area contributed by atoms with Crippen LogP contribution in [0.2, 0.25) is 0 Å². The minimum atomic E-state index is 0.741. The van der Waals surface area contributed by atoms with Gasteiger partial charge in [-0.3, -0.25) is 4.90 Å². The Bertz CT molecular complexity index is 342. The van der Waals surface area contributed by atoms with Crippen LogP contribution in [0.25, 0.3) is 0 Å². The lowest BCUT2D eigenvalue weighted by atomic mass is 9.90. The van der Waals surface area contributed by atoms with E-state index in [0.717, 1.165) is 18.6 Å². The maximum Gasteiger partial charge on any atom is 0.0897 e. The largest absolute Gasteiger partial charge is 0.317 e. The molecular weight excluding hydrogens is 230 g/mol. The van der Waals surface area contributed by atoms with E-state index in [0.29, 0.717) is 0 Å². The average Bonchev–Trinajstić information content (AvgIpc) is 2.75. The van der Waals surface area contributed by atoms with E-state index in [4.69, 9.17) is 0 Å². The van der Waals surface area contributed by atoms with E-state index in [-0.39, 0.29) is 0 Å². The molecule has 1 aromatic heterocycles. The van der Waals surface area contributed by atoms with Crippen LogP contribution < -0.4 is 5.32 Å². The number of aryl methyl sites for hydroxylation is 1. The average molecular weight is 253 g/mol. The molecule has 4 heteroatoms. The molecule has 1 aliphatic carbocycles. The molecule has 1 fully saturated rings. The summed E-state index contributed by atoms with van der Waals surface area (Å²) in [5.74, 6) is 0. The van der Waals surface area contributed by atoms with Gasteiger partial charge in [0.15, 0.2) is 0 Å². The van der Waals surface area contributed by atoms with E-state index in [1.54, 1.807) is 0 Å². The molecule has 0 aromatic carbocycles. The maximum atomic E-state index is 4.32. The zero-order chi connectivity index (χ0) is 12.3. The van der Waals surface area contributed by atoms with E-state index in [9.17, 15) is 0 Å². The van der Waals surface area contributed by atoms with E-state index in [2.05, 4.69) is 36.2 Å².